The molecule has 0 amide bonds. The van der Waals surface area contributed by atoms with Gasteiger partial charge in [-0.1, -0.05) is 0 Å². The third-order valence-electron chi connectivity index (χ3n) is 4.94. The van der Waals surface area contributed by atoms with Crippen molar-refractivity contribution in [1.82, 2.24) is 15.2 Å². The second kappa shape index (κ2) is 4.63. The van der Waals surface area contributed by atoms with Crippen molar-refractivity contribution < 1.29 is 0 Å². The molecule has 0 aliphatic carbocycles. The zero-order chi connectivity index (χ0) is 12.6. The highest BCUT2D eigenvalue weighted by molar-refractivity contribution is 5.11. The number of hydrogen-bond acceptors (Lipinski definition) is 3. The fraction of sp³-hybridized carbons (Fsp3) is 0.667. The van der Waals surface area contributed by atoms with Crippen LogP contribution in [0.5, 0.6) is 0 Å². The van der Waals surface area contributed by atoms with Crippen LogP contribution in [0.4, 0.5) is 0 Å². The molecular weight excluding hydrogens is 222 g/mol. The number of rotatable bonds is 3. The van der Waals surface area contributed by atoms with Gasteiger partial charge >= 0.3 is 0 Å². The van der Waals surface area contributed by atoms with Crippen LogP contribution in [-0.2, 0) is 6.42 Å². The highest BCUT2D eigenvalue weighted by Crippen LogP contribution is 2.40. The first-order valence-electron chi connectivity index (χ1n) is 7.02. The first-order valence-corrected chi connectivity index (χ1v) is 7.02. The Labute approximate surface area is 110 Å². The molecule has 2 aliphatic heterocycles. The van der Waals surface area contributed by atoms with E-state index in [1.807, 2.05) is 12.4 Å². The van der Waals surface area contributed by atoms with Crippen molar-refractivity contribution in [2.24, 2.45) is 11.8 Å². The van der Waals surface area contributed by atoms with E-state index >= 15 is 0 Å². The molecule has 2 fully saturated rings. The summed E-state index contributed by atoms with van der Waals surface area (Å²) < 4.78 is 0. The van der Waals surface area contributed by atoms with E-state index in [4.69, 9.17) is 0 Å². The Kier molecular flexibility index (Phi) is 3.12. The summed E-state index contributed by atoms with van der Waals surface area (Å²) >= 11 is 0. The van der Waals surface area contributed by atoms with Crippen LogP contribution in [0.15, 0.2) is 24.5 Å². The summed E-state index contributed by atoms with van der Waals surface area (Å²) in [7, 11) is 0. The monoisotopic (exact) mass is 245 g/mol. The molecule has 3 rings (SSSR count). The molecule has 1 aromatic heterocycles. The minimum atomic E-state index is 0.348. The number of hydrogen-bond donors (Lipinski definition) is 1. The van der Waals surface area contributed by atoms with Gasteiger partial charge in [-0.2, -0.15) is 0 Å². The van der Waals surface area contributed by atoms with Crippen molar-refractivity contribution in [2.75, 3.05) is 26.2 Å². The first-order chi connectivity index (χ1) is 8.68. The molecule has 3 heteroatoms. The Bertz CT molecular complexity index is 401. The molecule has 2 atom stereocenters. The fourth-order valence-electron chi connectivity index (χ4n) is 3.70. The highest BCUT2D eigenvalue weighted by Gasteiger charge is 2.48. The maximum absolute atomic E-state index is 4.08. The topological polar surface area (TPSA) is 28.2 Å². The second-order valence-corrected chi connectivity index (χ2v) is 6.23. The molecule has 1 N–H and O–H groups in total. The van der Waals surface area contributed by atoms with E-state index in [-0.39, 0.29) is 0 Å². The van der Waals surface area contributed by atoms with Gasteiger partial charge in [-0.15, -0.1) is 0 Å². The Morgan fingerprint density at radius 1 is 1.33 bits per heavy atom. The molecule has 0 spiro atoms. The lowest BCUT2D eigenvalue weighted by molar-refractivity contribution is 0.141. The number of likely N-dealkylation sites (tertiary alicyclic amines) is 1. The van der Waals surface area contributed by atoms with Gasteiger partial charge in [0, 0.05) is 37.6 Å². The number of nitrogens with one attached hydrogen (secondary N) is 1. The van der Waals surface area contributed by atoms with Gasteiger partial charge in [0.05, 0.1) is 0 Å². The Hall–Kier alpha value is -0.930. The molecule has 1 aromatic rings. The predicted molar refractivity (Wildman–Crippen MR) is 73.4 cm³/mol. The van der Waals surface area contributed by atoms with E-state index in [0.717, 1.165) is 18.3 Å². The lowest BCUT2D eigenvalue weighted by atomic mass is 9.85. The summed E-state index contributed by atoms with van der Waals surface area (Å²) in [6, 6.07) is 4.26. The number of nitrogens with zero attached hydrogens (tertiary/aromatic N) is 2. The van der Waals surface area contributed by atoms with E-state index in [9.17, 15) is 0 Å². The smallest absolute Gasteiger partial charge is 0.0270 e. The average molecular weight is 245 g/mol. The molecule has 0 bridgehead atoms. The summed E-state index contributed by atoms with van der Waals surface area (Å²) in [5, 5.41) is 3.54. The summed E-state index contributed by atoms with van der Waals surface area (Å²) in [6.45, 7) is 9.66. The van der Waals surface area contributed by atoms with Crippen molar-refractivity contribution >= 4 is 0 Å². The molecular formula is C15H23N3. The highest BCUT2D eigenvalue weighted by atomic mass is 15.2. The van der Waals surface area contributed by atoms with Crippen molar-refractivity contribution in [1.29, 1.82) is 0 Å². The van der Waals surface area contributed by atoms with Crippen LogP contribution in [-0.4, -0.2) is 41.6 Å². The van der Waals surface area contributed by atoms with Crippen LogP contribution in [0.25, 0.3) is 0 Å². The van der Waals surface area contributed by atoms with E-state index in [2.05, 4.69) is 41.2 Å². The fourth-order valence-corrected chi connectivity index (χ4v) is 3.70. The standard InChI is InChI=1S/C15H23N3/c1-15(2)14-10-17-9-13(14)11-18(15)8-5-12-3-6-16-7-4-12/h3-4,6-7,13-14,17H,5,8-11H2,1-2H3. The lowest BCUT2D eigenvalue weighted by Crippen LogP contribution is -2.45. The zero-order valence-corrected chi connectivity index (χ0v) is 11.4. The summed E-state index contributed by atoms with van der Waals surface area (Å²) in [4.78, 5) is 6.76. The van der Waals surface area contributed by atoms with Gasteiger partial charge in [-0.25, -0.2) is 0 Å². The molecule has 0 radical (unpaired) electrons. The van der Waals surface area contributed by atoms with Gasteiger partial charge in [0.1, 0.15) is 0 Å². The molecule has 3 heterocycles. The third-order valence-corrected chi connectivity index (χ3v) is 4.94. The quantitative estimate of drug-likeness (QED) is 0.876. The first kappa shape index (κ1) is 12.1. The molecule has 0 saturated carbocycles. The Morgan fingerprint density at radius 2 is 2.11 bits per heavy atom. The molecule has 3 nitrogen and oxygen atoms in total. The molecule has 2 aliphatic rings. The second-order valence-electron chi connectivity index (χ2n) is 6.23. The predicted octanol–water partition coefficient (Wildman–Crippen LogP) is 1.55. The average Bonchev–Trinajstić information content (AvgIpc) is 2.91. The van der Waals surface area contributed by atoms with E-state index in [1.165, 1.54) is 31.7 Å². The maximum Gasteiger partial charge on any atom is 0.0270 e. The largest absolute Gasteiger partial charge is 0.316 e. The molecule has 0 aromatic carbocycles. The van der Waals surface area contributed by atoms with E-state index in [0.29, 0.717) is 5.54 Å². The molecule has 2 saturated heterocycles. The minimum Gasteiger partial charge on any atom is -0.316 e. The third kappa shape index (κ3) is 2.06. The van der Waals surface area contributed by atoms with Crippen LogP contribution >= 0.6 is 0 Å². The van der Waals surface area contributed by atoms with Gasteiger partial charge < -0.3 is 5.32 Å². The molecule has 98 valence electrons. The minimum absolute atomic E-state index is 0.348. The van der Waals surface area contributed by atoms with Crippen molar-refractivity contribution in [3.05, 3.63) is 30.1 Å². The van der Waals surface area contributed by atoms with Crippen molar-refractivity contribution in [3.63, 3.8) is 0 Å². The maximum atomic E-state index is 4.08. The van der Waals surface area contributed by atoms with Crippen LogP contribution in [0.3, 0.4) is 0 Å². The van der Waals surface area contributed by atoms with Crippen LogP contribution in [0.1, 0.15) is 19.4 Å². The number of aromatic nitrogens is 1. The Morgan fingerprint density at radius 3 is 2.83 bits per heavy atom. The van der Waals surface area contributed by atoms with Crippen LogP contribution in [0.2, 0.25) is 0 Å². The summed E-state index contributed by atoms with van der Waals surface area (Å²) in [5.74, 6) is 1.69. The SMILES string of the molecule is CC1(C)C2CNCC2CN1CCc1ccncc1. The molecule has 2 unspecified atom stereocenters. The van der Waals surface area contributed by atoms with Gasteiger partial charge in [0.15, 0.2) is 0 Å². The molecule has 18 heavy (non-hydrogen) atoms. The van der Waals surface area contributed by atoms with Gasteiger partial charge in [0.2, 0.25) is 0 Å². The van der Waals surface area contributed by atoms with Gasteiger partial charge in [-0.05, 0) is 56.3 Å². The van der Waals surface area contributed by atoms with Gasteiger partial charge in [0.25, 0.3) is 0 Å². The number of pyridine rings is 1. The van der Waals surface area contributed by atoms with Crippen LogP contribution < -0.4 is 5.32 Å². The van der Waals surface area contributed by atoms with Crippen molar-refractivity contribution in [3.8, 4) is 0 Å². The zero-order valence-electron chi connectivity index (χ0n) is 11.4. The van der Waals surface area contributed by atoms with Gasteiger partial charge in [-0.3, -0.25) is 9.88 Å². The summed E-state index contributed by atoms with van der Waals surface area (Å²) in [6.07, 6.45) is 4.92. The van der Waals surface area contributed by atoms with E-state index in [1.54, 1.807) is 0 Å². The normalized spacial score (nSPS) is 30.6. The van der Waals surface area contributed by atoms with Crippen LogP contribution in [0, 0.1) is 11.8 Å². The van der Waals surface area contributed by atoms with E-state index < -0.39 is 0 Å². The lowest BCUT2D eigenvalue weighted by Gasteiger charge is -2.35. The Balaban J connectivity index is 1.64. The van der Waals surface area contributed by atoms with Crippen molar-refractivity contribution in [2.45, 2.75) is 25.8 Å². The number of fused-ring (bicyclic) bond motifs is 1. The summed E-state index contributed by atoms with van der Waals surface area (Å²) in [5.41, 5.74) is 1.75.